The summed E-state index contributed by atoms with van der Waals surface area (Å²) in [7, 11) is 1.65. The Kier molecular flexibility index (Phi) is 4.59. The number of aldehydes is 1. The molecule has 0 amide bonds. The van der Waals surface area contributed by atoms with Gasteiger partial charge in [0.2, 0.25) is 0 Å². The van der Waals surface area contributed by atoms with Crippen LogP contribution in [0.4, 0.5) is 0 Å². The Hall–Kier alpha value is -2.35. The molecule has 2 rings (SSSR count). The summed E-state index contributed by atoms with van der Waals surface area (Å²) in [5.41, 5.74) is 6.27. The van der Waals surface area contributed by atoms with Crippen LogP contribution in [0.2, 0.25) is 0 Å². The van der Waals surface area contributed by atoms with Gasteiger partial charge >= 0.3 is 0 Å². The zero-order valence-electron chi connectivity index (χ0n) is 12.9. The van der Waals surface area contributed by atoms with E-state index in [1.54, 1.807) is 13.2 Å². The van der Waals surface area contributed by atoms with E-state index in [0.29, 0.717) is 5.56 Å². The molecule has 0 radical (unpaired) electrons. The monoisotopic (exact) mass is 280 g/mol. The van der Waals surface area contributed by atoms with Crippen LogP contribution in [0, 0.1) is 13.8 Å². The largest absolute Gasteiger partial charge is 0.496 e. The number of carbonyl (C=O) groups excluding carboxylic acids is 1. The normalized spacial score (nSPS) is 10.9. The molecule has 0 saturated carbocycles. The Morgan fingerprint density at radius 3 is 2.19 bits per heavy atom. The topological polar surface area (TPSA) is 26.3 Å². The highest BCUT2D eigenvalue weighted by Crippen LogP contribution is 2.36. The zero-order valence-corrected chi connectivity index (χ0v) is 12.9. The lowest BCUT2D eigenvalue weighted by Crippen LogP contribution is -1.95. The summed E-state index contributed by atoms with van der Waals surface area (Å²) in [5.74, 6) is 0.783. The predicted octanol–water partition coefficient (Wildman–Crippen LogP) is 4.82. The Morgan fingerprint density at radius 1 is 1.00 bits per heavy atom. The van der Waals surface area contributed by atoms with Crippen molar-refractivity contribution < 1.29 is 9.53 Å². The summed E-state index contributed by atoms with van der Waals surface area (Å²) in [4.78, 5) is 11.0. The predicted molar refractivity (Wildman–Crippen MR) is 88.0 cm³/mol. The van der Waals surface area contributed by atoms with Crippen LogP contribution in [0.15, 0.2) is 36.4 Å². The molecule has 21 heavy (non-hydrogen) atoms. The van der Waals surface area contributed by atoms with Gasteiger partial charge in [-0.15, -0.1) is 0 Å². The van der Waals surface area contributed by atoms with Gasteiger partial charge in [0.05, 0.1) is 7.11 Å². The summed E-state index contributed by atoms with van der Waals surface area (Å²) in [6, 6.07) is 9.80. The van der Waals surface area contributed by atoms with Crippen LogP contribution >= 0.6 is 0 Å². The number of hydrogen-bond acceptors (Lipinski definition) is 2. The molecule has 0 heterocycles. The maximum absolute atomic E-state index is 11.0. The van der Waals surface area contributed by atoms with Gasteiger partial charge in [-0.2, -0.15) is 0 Å². The number of methoxy groups -OCH3 is 1. The fraction of sp³-hybridized carbons (Fsp3) is 0.211. The molecule has 2 nitrogen and oxygen atoms in total. The molecular weight excluding hydrogens is 260 g/mol. The van der Waals surface area contributed by atoms with Crippen molar-refractivity contribution in [2.45, 2.75) is 20.8 Å². The summed E-state index contributed by atoms with van der Waals surface area (Å²) < 4.78 is 5.46. The molecule has 0 unspecified atom stereocenters. The van der Waals surface area contributed by atoms with E-state index in [0.717, 1.165) is 23.2 Å². The second kappa shape index (κ2) is 6.40. The third-order valence-electron chi connectivity index (χ3n) is 3.54. The van der Waals surface area contributed by atoms with Crippen LogP contribution in [0.3, 0.4) is 0 Å². The van der Waals surface area contributed by atoms with Crippen molar-refractivity contribution in [2.75, 3.05) is 7.11 Å². The highest BCUT2D eigenvalue weighted by atomic mass is 16.5. The highest BCUT2D eigenvalue weighted by molar-refractivity contribution is 5.84. The van der Waals surface area contributed by atoms with E-state index in [4.69, 9.17) is 4.74 Å². The van der Waals surface area contributed by atoms with Crippen molar-refractivity contribution in [1.29, 1.82) is 0 Å². The summed E-state index contributed by atoms with van der Waals surface area (Å²) >= 11 is 0. The minimum Gasteiger partial charge on any atom is -0.496 e. The maximum Gasteiger partial charge on any atom is 0.150 e. The molecule has 0 N–H and O–H groups in total. The number of allylic oxidation sites excluding steroid dienone is 1. The molecule has 0 bridgehead atoms. The van der Waals surface area contributed by atoms with Crippen molar-refractivity contribution in [3.8, 4) is 16.9 Å². The third kappa shape index (κ3) is 3.05. The summed E-state index contributed by atoms with van der Waals surface area (Å²) in [5, 5.41) is 0. The Bertz CT molecular complexity index is 674. The lowest BCUT2D eigenvalue weighted by molar-refractivity contribution is 0.112. The smallest absolute Gasteiger partial charge is 0.150 e. The molecule has 2 heteroatoms. The van der Waals surface area contributed by atoms with Gasteiger partial charge in [0.15, 0.2) is 0 Å². The molecule has 2 aromatic carbocycles. The van der Waals surface area contributed by atoms with Gasteiger partial charge in [-0.1, -0.05) is 24.3 Å². The maximum atomic E-state index is 11.0. The lowest BCUT2D eigenvalue weighted by atomic mass is 9.92. The number of hydrogen-bond donors (Lipinski definition) is 0. The standard InChI is InChI=1S/C19H20O2/c1-5-6-15-9-13(2)19(14(3)10-15)17-11-16(12-20)7-8-18(17)21-4/h5-12H,1-4H3/b6-5-. The van der Waals surface area contributed by atoms with Gasteiger partial charge in [-0.25, -0.2) is 0 Å². The van der Waals surface area contributed by atoms with E-state index in [1.165, 1.54) is 16.7 Å². The number of carbonyl (C=O) groups is 1. The van der Waals surface area contributed by atoms with Crippen molar-refractivity contribution in [2.24, 2.45) is 0 Å². The third-order valence-corrected chi connectivity index (χ3v) is 3.54. The molecule has 0 spiro atoms. The quantitative estimate of drug-likeness (QED) is 0.750. The van der Waals surface area contributed by atoms with Gasteiger partial charge in [-0.3, -0.25) is 4.79 Å². The van der Waals surface area contributed by atoms with E-state index in [-0.39, 0.29) is 0 Å². The number of ether oxygens (including phenoxy) is 1. The first kappa shape index (κ1) is 15.0. The average molecular weight is 280 g/mol. The van der Waals surface area contributed by atoms with Crippen molar-refractivity contribution in [3.05, 3.63) is 58.7 Å². The van der Waals surface area contributed by atoms with Gasteiger partial charge in [0.1, 0.15) is 12.0 Å². The number of benzene rings is 2. The molecule has 0 fully saturated rings. The Balaban J connectivity index is 2.69. The fourth-order valence-electron chi connectivity index (χ4n) is 2.70. The van der Waals surface area contributed by atoms with E-state index >= 15 is 0 Å². The van der Waals surface area contributed by atoms with Crippen LogP contribution in [0.1, 0.15) is 34.0 Å². The summed E-state index contributed by atoms with van der Waals surface area (Å²) in [6.45, 7) is 6.18. The molecule has 0 saturated heterocycles. The van der Waals surface area contributed by atoms with Crippen LogP contribution in [-0.2, 0) is 0 Å². The highest BCUT2D eigenvalue weighted by Gasteiger charge is 2.12. The van der Waals surface area contributed by atoms with Crippen molar-refractivity contribution in [3.63, 3.8) is 0 Å². The molecular formula is C19H20O2. The minimum atomic E-state index is 0.655. The fourth-order valence-corrected chi connectivity index (χ4v) is 2.70. The molecule has 0 aliphatic heterocycles. The molecule has 0 aliphatic carbocycles. The Labute approximate surface area is 126 Å². The first-order chi connectivity index (χ1) is 10.1. The van der Waals surface area contributed by atoms with E-state index < -0.39 is 0 Å². The Morgan fingerprint density at radius 2 is 1.67 bits per heavy atom. The minimum absolute atomic E-state index is 0.655. The van der Waals surface area contributed by atoms with E-state index in [1.807, 2.05) is 25.1 Å². The second-order valence-electron chi connectivity index (χ2n) is 5.11. The zero-order chi connectivity index (χ0) is 15.4. The van der Waals surface area contributed by atoms with Crippen LogP contribution in [-0.4, -0.2) is 13.4 Å². The number of rotatable bonds is 4. The summed E-state index contributed by atoms with van der Waals surface area (Å²) in [6.07, 6.45) is 4.98. The number of aryl methyl sites for hydroxylation is 2. The molecule has 0 aromatic heterocycles. The van der Waals surface area contributed by atoms with Crippen LogP contribution < -0.4 is 4.74 Å². The van der Waals surface area contributed by atoms with Gasteiger partial charge in [0, 0.05) is 11.1 Å². The van der Waals surface area contributed by atoms with Crippen molar-refractivity contribution in [1.82, 2.24) is 0 Å². The SMILES string of the molecule is C/C=C\c1cc(C)c(-c2cc(C=O)ccc2OC)c(C)c1. The average Bonchev–Trinajstić information content (AvgIpc) is 2.46. The molecule has 2 aromatic rings. The second-order valence-corrected chi connectivity index (χ2v) is 5.11. The molecule has 108 valence electrons. The lowest BCUT2D eigenvalue weighted by Gasteiger charge is -2.15. The van der Waals surface area contributed by atoms with E-state index in [2.05, 4.69) is 32.1 Å². The van der Waals surface area contributed by atoms with Crippen LogP contribution in [0.5, 0.6) is 5.75 Å². The first-order valence-corrected chi connectivity index (χ1v) is 6.98. The van der Waals surface area contributed by atoms with Gasteiger partial charge < -0.3 is 4.74 Å². The van der Waals surface area contributed by atoms with Crippen molar-refractivity contribution >= 4 is 12.4 Å². The van der Waals surface area contributed by atoms with Gasteiger partial charge in [0.25, 0.3) is 0 Å². The van der Waals surface area contributed by atoms with Crippen LogP contribution in [0.25, 0.3) is 17.2 Å². The van der Waals surface area contributed by atoms with E-state index in [9.17, 15) is 4.79 Å². The molecule has 0 aliphatic rings. The first-order valence-electron chi connectivity index (χ1n) is 6.98. The molecule has 0 atom stereocenters. The van der Waals surface area contributed by atoms with Gasteiger partial charge in [-0.05, 0) is 61.2 Å².